The predicted octanol–water partition coefficient (Wildman–Crippen LogP) is 2.30. The number of rotatable bonds is 11. The lowest BCUT2D eigenvalue weighted by atomic mass is 10.0. The third-order valence-electron chi connectivity index (χ3n) is 6.09. The van der Waals surface area contributed by atoms with Crippen molar-refractivity contribution in [2.75, 3.05) is 25.5 Å². The Morgan fingerprint density at radius 3 is 2.66 bits per heavy atom. The number of aromatic nitrogens is 2. The van der Waals surface area contributed by atoms with Crippen LogP contribution in [0, 0.1) is 0 Å². The van der Waals surface area contributed by atoms with Crippen LogP contribution in [-0.2, 0) is 16.1 Å². The van der Waals surface area contributed by atoms with Crippen molar-refractivity contribution in [1.29, 1.82) is 0 Å². The third kappa shape index (κ3) is 6.26. The number of primary amides is 1. The monoisotopic (exact) mass is 538 g/mol. The van der Waals surface area contributed by atoms with E-state index in [0.29, 0.717) is 36.6 Å². The summed E-state index contributed by atoms with van der Waals surface area (Å²) in [5, 5.41) is 2.95. The highest BCUT2D eigenvalue weighted by atomic mass is 32.1. The van der Waals surface area contributed by atoms with Gasteiger partial charge in [-0.3, -0.25) is 19.4 Å². The Hall–Kier alpha value is -4.03. The summed E-state index contributed by atoms with van der Waals surface area (Å²) in [5.74, 6) is -1.16. The lowest BCUT2D eigenvalue weighted by molar-refractivity contribution is -0.126. The first-order valence-corrected chi connectivity index (χ1v) is 13.0. The Bertz CT molecular complexity index is 1260. The molecule has 12 heteroatoms. The van der Waals surface area contributed by atoms with E-state index in [1.807, 2.05) is 6.92 Å². The number of anilines is 1. The smallest absolute Gasteiger partial charge is 0.270 e. The Morgan fingerprint density at radius 2 is 2.05 bits per heavy atom. The largest absolute Gasteiger partial charge is 0.494 e. The van der Waals surface area contributed by atoms with Gasteiger partial charge in [0.25, 0.3) is 11.8 Å². The number of hydrogen-bond acceptors (Lipinski definition) is 9. The highest BCUT2D eigenvalue weighted by molar-refractivity contribution is 7.09. The van der Waals surface area contributed by atoms with Crippen molar-refractivity contribution in [2.24, 2.45) is 5.73 Å². The molecule has 0 unspecified atom stereocenters. The van der Waals surface area contributed by atoms with E-state index in [0.717, 1.165) is 24.4 Å². The topological polar surface area (TPSA) is 163 Å². The third-order valence-corrected chi connectivity index (χ3v) is 6.94. The van der Waals surface area contributed by atoms with Gasteiger partial charge in [-0.2, -0.15) is 4.37 Å². The van der Waals surface area contributed by atoms with Crippen molar-refractivity contribution in [1.82, 2.24) is 19.6 Å². The number of carbonyl (C=O) groups is 3. The van der Waals surface area contributed by atoms with Crippen molar-refractivity contribution in [3.8, 4) is 5.75 Å². The number of nitrogens with zero attached hydrogens (tertiary/aromatic N) is 3. The minimum Gasteiger partial charge on any atom is -0.494 e. The van der Waals surface area contributed by atoms with Crippen LogP contribution in [0.2, 0.25) is 0 Å². The molecule has 0 saturated carbocycles. The van der Waals surface area contributed by atoms with Gasteiger partial charge < -0.3 is 31.2 Å². The number of nitrogens with two attached hydrogens (primary N) is 2. The molecule has 11 nitrogen and oxygen atoms in total. The van der Waals surface area contributed by atoms with Gasteiger partial charge in [0.2, 0.25) is 5.91 Å². The molecular weight excluding hydrogens is 508 g/mol. The van der Waals surface area contributed by atoms with Crippen LogP contribution in [0.4, 0.5) is 5.69 Å². The van der Waals surface area contributed by atoms with E-state index in [4.69, 9.17) is 20.9 Å². The molecule has 0 aliphatic carbocycles. The van der Waals surface area contributed by atoms with Gasteiger partial charge in [-0.1, -0.05) is 18.2 Å². The van der Waals surface area contributed by atoms with Crippen LogP contribution in [0.25, 0.3) is 0 Å². The Labute approximate surface area is 224 Å². The first-order chi connectivity index (χ1) is 18.4. The molecule has 38 heavy (non-hydrogen) atoms. The average Bonchev–Trinajstić information content (AvgIpc) is 3.58. The highest BCUT2D eigenvalue weighted by Gasteiger charge is 2.35. The molecule has 2 aromatic heterocycles. The van der Waals surface area contributed by atoms with Gasteiger partial charge in [-0.15, -0.1) is 0 Å². The van der Waals surface area contributed by atoms with E-state index in [1.54, 1.807) is 48.8 Å². The standard InChI is InChI=1S/C26H30N6O5S/c1-2-36-18-9-7-17(8-10-18)22(25(34)30-14-19-6-4-12-37-19)32(15-16-5-3-11-29-13-16)26(35)23-20(27)21(24(28)33)31-38-23/h3,5,7-11,13,19,22H,2,4,6,12,14-15,27H2,1H3,(H2,28,33)(H,30,34)/t19-,22-/m1/s1. The van der Waals surface area contributed by atoms with Gasteiger partial charge in [0.1, 0.15) is 16.7 Å². The molecule has 0 bridgehead atoms. The number of amides is 3. The molecule has 0 radical (unpaired) electrons. The predicted molar refractivity (Wildman–Crippen MR) is 141 cm³/mol. The summed E-state index contributed by atoms with van der Waals surface area (Å²) < 4.78 is 15.2. The summed E-state index contributed by atoms with van der Waals surface area (Å²) in [6.07, 6.45) is 4.93. The first kappa shape index (κ1) is 27.0. The molecule has 3 amide bonds. The van der Waals surface area contributed by atoms with E-state index >= 15 is 0 Å². The number of ether oxygens (including phenoxy) is 2. The van der Waals surface area contributed by atoms with Crippen LogP contribution < -0.4 is 21.5 Å². The molecule has 1 fully saturated rings. The summed E-state index contributed by atoms with van der Waals surface area (Å²) >= 11 is 0.764. The molecule has 1 aliphatic heterocycles. The summed E-state index contributed by atoms with van der Waals surface area (Å²) in [5.41, 5.74) is 12.4. The van der Waals surface area contributed by atoms with Gasteiger partial charge in [0.15, 0.2) is 5.69 Å². The number of nitrogen functional groups attached to an aromatic ring is 1. The van der Waals surface area contributed by atoms with Crippen molar-refractivity contribution in [3.63, 3.8) is 0 Å². The van der Waals surface area contributed by atoms with Crippen molar-refractivity contribution in [3.05, 3.63) is 70.5 Å². The van der Waals surface area contributed by atoms with E-state index < -0.39 is 17.9 Å². The lowest BCUT2D eigenvalue weighted by Crippen LogP contribution is -2.45. The number of nitrogens with one attached hydrogen (secondary N) is 1. The first-order valence-electron chi connectivity index (χ1n) is 12.3. The van der Waals surface area contributed by atoms with Crippen LogP contribution in [0.1, 0.15) is 57.1 Å². The Balaban J connectivity index is 1.74. The minimum atomic E-state index is -1.04. The molecule has 5 N–H and O–H groups in total. The molecule has 200 valence electrons. The van der Waals surface area contributed by atoms with Gasteiger partial charge in [0.05, 0.1) is 18.4 Å². The molecule has 3 heterocycles. The average molecular weight is 539 g/mol. The number of hydrogen-bond donors (Lipinski definition) is 3. The zero-order valence-corrected chi connectivity index (χ0v) is 21.8. The molecule has 1 aliphatic rings. The van der Waals surface area contributed by atoms with Crippen molar-refractivity contribution >= 4 is 34.9 Å². The van der Waals surface area contributed by atoms with Gasteiger partial charge >= 0.3 is 0 Å². The van der Waals surface area contributed by atoms with E-state index in [2.05, 4.69) is 14.7 Å². The van der Waals surface area contributed by atoms with Gasteiger partial charge in [0, 0.05) is 32.1 Å². The molecule has 0 spiro atoms. The SMILES string of the molecule is CCOc1ccc([C@H](C(=O)NC[C@H]2CCCO2)N(Cc2cccnc2)C(=O)c2snc(C(N)=O)c2N)cc1. The number of carbonyl (C=O) groups excluding carboxylic acids is 3. The Morgan fingerprint density at radius 1 is 1.26 bits per heavy atom. The number of pyridine rings is 1. The summed E-state index contributed by atoms with van der Waals surface area (Å²) in [6.45, 7) is 3.38. The van der Waals surface area contributed by atoms with Crippen LogP contribution >= 0.6 is 11.5 Å². The van der Waals surface area contributed by atoms with E-state index in [1.165, 1.54) is 4.90 Å². The van der Waals surface area contributed by atoms with Crippen LogP contribution in [0.15, 0.2) is 48.8 Å². The zero-order valence-electron chi connectivity index (χ0n) is 21.0. The second-order valence-corrected chi connectivity index (χ2v) is 9.49. The molecule has 1 saturated heterocycles. The fourth-order valence-electron chi connectivity index (χ4n) is 4.23. The minimum absolute atomic E-state index is 0.0190. The summed E-state index contributed by atoms with van der Waals surface area (Å²) in [4.78, 5) is 45.0. The molecule has 1 aromatic carbocycles. The Kier molecular flexibility index (Phi) is 8.87. The molecule has 4 rings (SSSR count). The van der Waals surface area contributed by atoms with Crippen molar-refractivity contribution in [2.45, 2.75) is 38.5 Å². The zero-order chi connectivity index (χ0) is 27.1. The van der Waals surface area contributed by atoms with E-state index in [9.17, 15) is 14.4 Å². The lowest BCUT2D eigenvalue weighted by Gasteiger charge is -2.31. The summed E-state index contributed by atoms with van der Waals surface area (Å²) in [6, 6.07) is 9.49. The maximum Gasteiger partial charge on any atom is 0.270 e. The van der Waals surface area contributed by atoms with Crippen LogP contribution in [0.5, 0.6) is 5.75 Å². The maximum atomic E-state index is 14.0. The highest BCUT2D eigenvalue weighted by Crippen LogP contribution is 2.31. The number of benzene rings is 1. The fourth-order valence-corrected chi connectivity index (χ4v) is 4.99. The summed E-state index contributed by atoms with van der Waals surface area (Å²) in [7, 11) is 0. The van der Waals surface area contributed by atoms with Crippen LogP contribution in [0.3, 0.4) is 0 Å². The molecule has 2 atom stereocenters. The maximum absolute atomic E-state index is 14.0. The van der Waals surface area contributed by atoms with E-state index in [-0.39, 0.29) is 34.8 Å². The molecular formula is C26H30N6O5S. The second-order valence-electron chi connectivity index (χ2n) is 8.72. The quantitative estimate of drug-likeness (QED) is 0.335. The van der Waals surface area contributed by atoms with Gasteiger partial charge in [-0.25, -0.2) is 0 Å². The van der Waals surface area contributed by atoms with Crippen LogP contribution in [-0.4, -0.2) is 57.8 Å². The van der Waals surface area contributed by atoms with Crippen molar-refractivity contribution < 1.29 is 23.9 Å². The van der Waals surface area contributed by atoms with Gasteiger partial charge in [-0.05, 0) is 60.6 Å². The molecule has 3 aromatic rings. The fraction of sp³-hybridized carbons (Fsp3) is 0.346. The normalized spacial score (nSPS) is 15.6. The second kappa shape index (κ2) is 12.5.